The van der Waals surface area contributed by atoms with E-state index in [-0.39, 0.29) is 24.9 Å². The molecule has 8 heteroatoms. The molecule has 0 aromatic heterocycles. The Bertz CT molecular complexity index is 585. The van der Waals surface area contributed by atoms with Crippen LogP contribution in [0.4, 0.5) is 0 Å². The summed E-state index contributed by atoms with van der Waals surface area (Å²) in [5.41, 5.74) is 9.58. The minimum Gasteiger partial charge on any atom is -0.369 e. The van der Waals surface area contributed by atoms with E-state index in [4.69, 9.17) is 18.6 Å². The number of hydrogen-bond acceptors (Lipinski definition) is 4. The molecule has 0 radical (unpaired) electrons. The van der Waals surface area contributed by atoms with Gasteiger partial charge in [0.1, 0.15) is 0 Å². The van der Waals surface area contributed by atoms with E-state index in [2.05, 4.69) is 41.4 Å². The SMILES string of the molecule is C#CCNC(=O)C(C)C(C)C(N)=O.C#CCNC(=O)C=C.C=CC(N)=O. The molecule has 0 spiro atoms. The topological polar surface area (TPSA) is 144 Å². The van der Waals surface area contributed by atoms with Gasteiger partial charge in [0.05, 0.1) is 13.1 Å². The summed E-state index contributed by atoms with van der Waals surface area (Å²) in [7, 11) is 0. The summed E-state index contributed by atoms with van der Waals surface area (Å²) in [5, 5.41) is 4.87. The summed E-state index contributed by atoms with van der Waals surface area (Å²) in [5.74, 6) is 2.17. The molecule has 0 aromatic carbocycles. The van der Waals surface area contributed by atoms with Crippen LogP contribution in [0.15, 0.2) is 25.3 Å². The smallest absolute Gasteiger partial charge is 0.244 e. The van der Waals surface area contributed by atoms with Crippen molar-refractivity contribution in [2.75, 3.05) is 13.1 Å². The van der Waals surface area contributed by atoms with Crippen molar-refractivity contribution in [1.82, 2.24) is 10.6 Å². The first kappa shape index (κ1) is 27.3. The second kappa shape index (κ2) is 17.8. The third-order valence-corrected chi connectivity index (χ3v) is 2.73. The Hall–Kier alpha value is -3.52. The number of terminal acetylenes is 2. The van der Waals surface area contributed by atoms with E-state index in [0.717, 1.165) is 6.08 Å². The van der Waals surface area contributed by atoms with Crippen molar-refractivity contribution in [3.8, 4) is 24.7 Å². The molecule has 26 heavy (non-hydrogen) atoms. The summed E-state index contributed by atoms with van der Waals surface area (Å²) in [6, 6.07) is 0. The first-order chi connectivity index (χ1) is 12.1. The Labute approximate surface area is 154 Å². The molecule has 0 bridgehead atoms. The molecule has 0 aliphatic carbocycles. The number of nitrogens with two attached hydrogens (primary N) is 2. The second-order valence-corrected chi connectivity index (χ2v) is 4.63. The first-order valence-corrected chi connectivity index (χ1v) is 7.34. The van der Waals surface area contributed by atoms with E-state index in [1.54, 1.807) is 13.8 Å². The highest BCUT2D eigenvalue weighted by atomic mass is 16.2. The van der Waals surface area contributed by atoms with Crippen LogP contribution in [-0.4, -0.2) is 36.7 Å². The van der Waals surface area contributed by atoms with Crippen LogP contribution >= 0.6 is 0 Å². The van der Waals surface area contributed by atoms with E-state index in [1.807, 2.05) is 0 Å². The van der Waals surface area contributed by atoms with Crippen LogP contribution in [0.2, 0.25) is 0 Å². The van der Waals surface area contributed by atoms with Crippen LogP contribution in [0.25, 0.3) is 0 Å². The lowest BCUT2D eigenvalue weighted by atomic mass is 9.95. The van der Waals surface area contributed by atoms with Crippen LogP contribution in [0.3, 0.4) is 0 Å². The second-order valence-electron chi connectivity index (χ2n) is 4.63. The van der Waals surface area contributed by atoms with Crippen molar-refractivity contribution in [3.63, 3.8) is 0 Å². The van der Waals surface area contributed by atoms with Crippen LogP contribution < -0.4 is 22.1 Å². The maximum atomic E-state index is 11.2. The summed E-state index contributed by atoms with van der Waals surface area (Å²) in [6.45, 7) is 10.0. The summed E-state index contributed by atoms with van der Waals surface area (Å²) in [6.07, 6.45) is 12.0. The fourth-order valence-corrected chi connectivity index (χ4v) is 0.983. The Balaban J connectivity index is -0.000000346. The summed E-state index contributed by atoms with van der Waals surface area (Å²) in [4.78, 5) is 41.7. The number of nitrogens with one attached hydrogen (secondary N) is 2. The minimum absolute atomic E-state index is 0.175. The summed E-state index contributed by atoms with van der Waals surface area (Å²) >= 11 is 0. The van der Waals surface area contributed by atoms with E-state index >= 15 is 0 Å². The fourth-order valence-electron chi connectivity index (χ4n) is 0.983. The average molecular weight is 362 g/mol. The zero-order chi connectivity index (χ0) is 21.1. The molecule has 0 aliphatic rings. The largest absolute Gasteiger partial charge is 0.369 e. The molecule has 8 nitrogen and oxygen atoms in total. The Morgan fingerprint density at radius 2 is 1.38 bits per heavy atom. The molecule has 2 unspecified atom stereocenters. The lowest BCUT2D eigenvalue weighted by Crippen LogP contribution is -2.37. The van der Waals surface area contributed by atoms with Gasteiger partial charge in [0.15, 0.2) is 0 Å². The van der Waals surface area contributed by atoms with Crippen molar-refractivity contribution in [3.05, 3.63) is 25.3 Å². The van der Waals surface area contributed by atoms with Crippen molar-refractivity contribution < 1.29 is 19.2 Å². The molecule has 0 rings (SSSR count). The average Bonchev–Trinajstić information content (AvgIpc) is 2.63. The van der Waals surface area contributed by atoms with Crippen molar-refractivity contribution in [2.24, 2.45) is 23.3 Å². The molecule has 142 valence electrons. The lowest BCUT2D eigenvalue weighted by Gasteiger charge is -2.15. The Kier molecular flexibility index (Phi) is 18.7. The maximum absolute atomic E-state index is 11.2. The van der Waals surface area contributed by atoms with E-state index in [9.17, 15) is 19.2 Å². The molecule has 0 aliphatic heterocycles. The number of rotatable bonds is 7. The van der Waals surface area contributed by atoms with Crippen LogP contribution in [-0.2, 0) is 19.2 Å². The van der Waals surface area contributed by atoms with E-state index in [1.165, 1.54) is 6.08 Å². The van der Waals surface area contributed by atoms with Gasteiger partial charge < -0.3 is 22.1 Å². The number of amides is 4. The third-order valence-electron chi connectivity index (χ3n) is 2.73. The van der Waals surface area contributed by atoms with Gasteiger partial charge in [-0.3, -0.25) is 19.2 Å². The molecule has 0 fully saturated rings. The van der Waals surface area contributed by atoms with Gasteiger partial charge in [0, 0.05) is 11.8 Å². The minimum atomic E-state index is -0.483. The van der Waals surface area contributed by atoms with Crippen LogP contribution in [0.5, 0.6) is 0 Å². The van der Waals surface area contributed by atoms with Crippen LogP contribution in [0.1, 0.15) is 13.8 Å². The normalized spacial score (nSPS) is 10.3. The van der Waals surface area contributed by atoms with Gasteiger partial charge in [-0.05, 0) is 12.2 Å². The number of hydrogen-bond donors (Lipinski definition) is 4. The highest BCUT2D eigenvalue weighted by Gasteiger charge is 2.23. The van der Waals surface area contributed by atoms with Gasteiger partial charge >= 0.3 is 0 Å². The quantitative estimate of drug-likeness (QED) is 0.342. The van der Waals surface area contributed by atoms with Crippen molar-refractivity contribution >= 4 is 23.6 Å². The zero-order valence-corrected chi connectivity index (χ0v) is 15.1. The predicted octanol–water partition coefficient (Wildman–Crippen LogP) is -0.927. The molecule has 0 saturated carbocycles. The van der Waals surface area contributed by atoms with E-state index in [0.29, 0.717) is 0 Å². The molecular weight excluding hydrogens is 336 g/mol. The molecule has 0 saturated heterocycles. The standard InChI is InChI=1S/C9H14N2O2.C6H7NO.C3H5NO/c1-4-5-11-9(13)7(3)6(2)8(10)12;1-3-5-7-6(8)4-2;1-2-3(4)5/h1,6-7H,5H2,2-3H3,(H2,10,12)(H,11,13);1,4H,2,5H2,(H,7,8);2H,1H2,(H2,4,5). The number of primary amides is 2. The molecule has 0 aromatic rings. The zero-order valence-electron chi connectivity index (χ0n) is 15.1. The number of carbonyl (C=O) groups excluding carboxylic acids is 4. The Morgan fingerprint density at radius 1 is 0.962 bits per heavy atom. The van der Waals surface area contributed by atoms with Gasteiger partial charge in [-0.15, -0.1) is 12.8 Å². The van der Waals surface area contributed by atoms with Crippen molar-refractivity contribution in [1.29, 1.82) is 0 Å². The monoisotopic (exact) mass is 362 g/mol. The Morgan fingerprint density at radius 3 is 1.69 bits per heavy atom. The third kappa shape index (κ3) is 18.5. The van der Waals surface area contributed by atoms with Crippen molar-refractivity contribution in [2.45, 2.75) is 13.8 Å². The molecule has 2 atom stereocenters. The molecular formula is C18H26N4O4. The van der Waals surface area contributed by atoms with Crippen LogP contribution in [0, 0.1) is 36.5 Å². The van der Waals surface area contributed by atoms with Gasteiger partial charge in [-0.2, -0.15) is 0 Å². The van der Waals surface area contributed by atoms with Gasteiger partial charge in [-0.1, -0.05) is 38.8 Å². The highest BCUT2D eigenvalue weighted by molar-refractivity contribution is 5.87. The first-order valence-electron chi connectivity index (χ1n) is 7.34. The lowest BCUT2D eigenvalue weighted by molar-refractivity contribution is -0.131. The molecule has 6 N–H and O–H groups in total. The summed E-state index contributed by atoms with van der Waals surface area (Å²) < 4.78 is 0. The highest BCUT2D eigenvalue weighted by Crippen LogP contribution is 2.09. The van der Waals surface area contributed by atoms with Gasteiger partial charge in [0.25, 0.3) is 0 Å². The predicted molar refractivity (Wildman–Crippen MR) is 101 cm³/mol. The molecule has 0 heterocycles. The van der Waals surface area contributed by atoms with E-state index < -0.39 is 23.7 Å². The fraction of sp³-hybridized carbons (Fsp3) is 0.333. The molecule has 4 amide bonds. The van der Waals surface area contributed by atoms with Gasteiger partial charge in [-0.25, -0.2) is 0 Å². The van der Waals surface area contributed by atoms with Gasteiger partial charge in [0.2, 0.25) is 23.6 Å². The maximum Gasteiger partial charge on any atom is 0.244 e. The number of carbonyl (C=O) groups is 4.